The molecule has 1 aliphatic rings. The Labute approximate surface area is 179 Å². The summed E-state index contributed by atoms with van der Waals surface area (Å²) in [4.78, 5) is 37.4. The molecule has 1 fully saturated rings. The van der Waals surface area contributed by atoms with Gasteiger partial charge in [-0.05, 0) is 43.5 Å². The second-order valence-corrected chi connectivity index (χ2v) is 7.06. The van der Waals surface area contributed by atoms with Gasteiger partial charge in [0.25, 0.3) is 17.5 Å². The van der Waals surface area contributed by atoms with E-state index >= 15 is 0 Å². The van der Waals surface area contributed by atoms with Gasteiger partial charge in [0.1, 0.15) is 11.4 Å². The van der Waals surface area contributed by atoms with Crippen molar-refractivity contribution < 1.29 is 19.2 Å². The molecule has 0 bridgehead atoms. The first-order chi connectivity index (χ1) is 15.0. The number of hydrazine groups is 1. The van der Waals surface area contributed by atoms with Gasteiger partial charge in [0.05, 0.1) is 24.3 Å². The van der Waals surface area contributed by atoms with Crippen molar-refractivity contribution in [2.24, 2.45) is 0 Å². The minimum Gasteiger partial charge on any atom is -0.495 e. The highest BCUT2D eigenvalue weighted by molar-refractivity contribution is 5.97. The number of piperidine rings is 1. The van der Waals surface area contributed by atoms with Crippen LogP contribution in [0.3, 0.4) is 0 Å². The van der Waals surface area contributed by atoms with Gasteiger partial charge in [-0.1, -0.05) is 12.1 Å². The third kappa shape index (κ3) is 5.62. The molecular formula is C21H25N5O5. The van der Waals surface area contributed by atoms with E-state index in [-0.39, 0.29) is 17.8 Å². The molecule has 3 rings (SSSR count). The number of benzene rings is 2. The lowest BCUT2D eigenvalue weighted by molar-refractivity contribution is -0.384. The number of hydrogen-bond acceptors (Lipinski definition) is 7. The average Bonchev–Trinajstić information content (AvgIpc) is 2.81. The summed E-state index contributed by atoms with van der Waals surface area (Å²) in [5, 5.41) is 14.4. The zero-order chi connectivity index (χ0) is 22.2. The number of anilines is 2. The molecule has 1 heterocycles. The minimum atomic E-state index is -0.640. The van der Waals surface area contributed by atoms with Gasteiger partial charge >= 0.3 is 0 Å². The molecule has 2 amide bonds. The molecule has 0 radical (unpaired) electrons. The number of para-hydroxylation sites is 2. The number of nitrogens with one attached hydrogen (secondary N) is 3. The van der Waals surface area contributed by atoms with Crippen LogP contribution < -0.4 is 25.8 Å². The van der Waals surface area contributed by atoms with E-state index in [0.29, 0.717) is 17.1 Å². The summed E-state index contributed by atoms with van der Waals surface area (Å²) in [7, 11) is 1.52. The first-order valence-corrected chi connectivity index (χ1v) is 9.99. The van der Waals surface area contributed by atoms with Crippen LogP contribution in [-0.2, 0) is 4.79 Å². The molecule has 10 heteroatoms. The molecule has 1 saturated heterocycles. The summed E-state index contributed by atoms with van der Waals surface area (Å²) in [6, 6.07) is 11.5. The predicted octanol–water partition coefficient (Wildman–Crippen LogP) is 2.47. The van der Waals surface area contributed by atoms with Crippen LogP contribution in [0.2, 0.25) is 0 Å². The number of amides is 2. The Hall–Kier alpha value is -3.82. The number of nitro groups is 1. The number of ether oxygens (including phenoxy) is 1. The molecule has 164 valence electrons. The molecule has 31 heavy (non-hydrogen) atoms. The smallest absolute Gasteiger partial charge is 0.293 e. The molecule has 0 atom stereocenters. The third-order valence-electron chi connectivity index (χ3n) is 4.99. The first-order valence-electron chi connectivity index (χ1n) is 9.99. The van der Waals surface area contributed by atoms with E-state index in [0.717, 1.165) is 32.4 Å². The van der Waals surface area contributed by atoms with Crippen molar-refractivity contribution in [3.05, 3.63) is 58.1 Å². The van der Waals surface area contributed by atoms with Gasteiger partial charge in [-0.15, -0.1) is 0 Å². The standard InChI is InChI=1S/C21H25N5O5/c1-31-19-8-4-3-7-16(19)22-14-20(27)23-24-21(28)15-9-10-17(18(13-15)26(29)30)25-11-5-2-6-12-25/h3-4,7-10,13,22H,2,5-6,11-12,14H2,1H3,(H,23,27)(H,24,28). The molecule has 2 aromatic rings. The van der Waals surface area contributed by atoms with Crippen LogP contribution in [0.4, 0.5) is 17.1 Å². The second kappa shape index (κ2) is 10.3. The molecule has 0 aromatic heterocycles. The number of carbonyl (C=O) groups excluding carboxylic acids is 2. The maximum absolute atomic E-state index is 12.4. The fourth-order valence-electron chi connectivity index (χ4n) is 3.42. The number of carbonyl (C=O) groups is 2. The Morgan fingerprint density at radius 2 is 1.84 bits per heavy atom. The van der Waals surface area contributed by atoms with E-state index in [1.165, 1.54) is 19.2 Å². The van der Waals surface area contributed by atoms with Crippen LogP contribution in [0.5, 0.6) is 5.75 Å². The molecule has 0 saturated carbocycles. The summed E-state index contributed by atoms with van der Waals surface area (Å²) in [5.41, 5.74) is 5.68. The van der Waals surface area contributed by atoms with E-state index in [9.17, 15) is 19.7 Å². The molecule has 1 aliphatic heterocycles. The lowest BCUT2D eigenvalue weighted by atomic mass is 10.1. The molecule has 2 aromatic carbocycles. The van der Waals surface area contributed by atoms with Crippen LogP contribution in [0.25, 0.3) is 0 Å². The number of rotatable bonds is 7. The van der Waals surface area contributed by atoms with Crippen molar-refractivity contribution in [1.29, 1.82) is 0 Å². The van der Waals surface area contributed by atoms with Crippen LogP contribution >= 0.6 is 0 Å². The van der Waals surface area contributed by atoms with Gasteiger partial charge in [-0.2, -0.15) is 0 Å². The van der Waals surface area contributed by atoms with Crippen LogP contribution in [-0.4, -0.2) is 43.5 Å². The normalized spacial score (nSPS) is 13.3. The SMILES string of the molecule is COc1ccccc1NCC(=O)NNC(=O)c1ccc(N2CCCCC2)c([N+](=O)[O-])c1. The van der Waals surface area contributed by atoms with Crippen molar-refractivity contribution in [2.45, 2.75) is 19.3 Å². The first kappa shape index (κ1) is 21.9. The van der Waals surface area contributed by atoms with Gasteiger partial charge in [-0.3, -0.25) is 30.6 Å². The largest absolute Gasteiger partial charge is 0.495 e. The zero-order valence-corrected chi connectivity index (χ0v) is 17.2. The quantitative estimate of drug-likeness (QED) is 0.458. The van der Waals surface area contributed by atoms with Gasteiger partial charge in [0.2, 0.25) is 0 Å². The van der Waals surface area contributed by atoms with E-state index in [1.807, 2.05) is 4.90 Å². The summed E-state index contributed by atoms with van der Waals surface area (Å²) < 4.78 is 5.20. The number of methoxy groups -OCH3 is 1. The topological polar surface area (TPSA) is 126 Å². The molecule has 3 N–H and O–H groups in total. The Kier molecular flexibility index (Phi) is 7.26. The molecule has 0 spiro atoms. The van der Waals surface area contributed by atoms with Crippen LogP contribution in [0.1, 0.15) is 29.6 Å². The predicted molar refractivity (Wildman–Crippen MR) is 116 cm³/mol. The van der Waals surface area contributed by atoms with Gasteiger partial charge < -0.3 is 15.0 Å². The zero-order valence-electron chi connectivity index (χ0n) is 17.2. The minimum absolute atomic E-state index is 0.0884. The van der Waals surface area contributed by atoms with Gasteiger partial charge in [0, 0.05) is 24.7 Å². The highest BCUT2D eigenvalue weighted by Gasteiger charge is 2.23. The molecule has 0 aliphatic carbocycles. The average molecular weight is 427 g/mol. The van der Waals surface area contributed by atoms with Crippen LogP contribution in [0, 0.1) is 10.1 Å². The maximum atomic E-state index is 12.4. The van der Waals surface area contributed by atoms with E-state index in [2.05, 4.69) is 16.2 Å². The molecule has 0 unspecified atom stereocenters. The van der Waals surface area contributed by atoms with Gasteiger partial charge in [0.15, 0.2) is 0 Å². The Morgan fingerprint density at radius 3 is 2.55 bits per heavy atom. The fraction of sp³-hybridized carbons (Fsp3) is 0.333. The highest BCUT2D eigenvalue weighted by atomic mass is 16.6. The number of nitrogens with zero attached hydrogens (tertiary/aromatic N) is 2. The third-order valence-corrected chi connectivity index (χ3v) is 4.99. The second-order valence-electron chi connectivity index (χ2n) is 7.06. The summed E-state index contributed by atoms with van der Waals surface area (Å²) in [6.45, 7) is 1.40. The lowest BCUT2D eigenvalue weighted by Gasteiger charge is -2.28. The van der Waals surface area contributed by atoms with Crippen molar-refractivity contribution in [1.82, 2.24) is 10.9 Å². The lowest BCUT2D eigenvalue weighted by Crippen LogP contribution is -2.44. The van der Waals surface area contributed by atoms with E-state index < -0.39 is 16.7 Å². The van der Waals surface area contributed by atoms with E-state index in [1.54, 1.807) is 30.3 Å². The molecular weight excluding hydrogens is 402 g/mol. The summed E-state index contributed by atoms with van der Waals surface area (Å²) >= 11 is 0. The maximum Gasteiger partial charge on any atom is 0.293 e. The van der Waals surface area contributed by atoms with Gasteiger partial charge in [-0.25, -0.2) is 0 Å². The number of hydrogen-bond donors (Lipinski definition) is 3. The van der Waals surface area contributed by atoms with Crippen LogP contribution in [0.15, 0.2) is 42.5 Å². The monoisotopic (exact) mass is 427 g/mol. The van der Waals surface area contributed by atoms with Crippen molar-refractivity contribution in [3.8, 4) is 5.75 Å². The summed E-state index contributed by atoms with van der Waals surface area (Å²) in [6.07, 6.45) is 3.07. The summed E-state index contributed by atoms with van der Waals surface area (Å²) in [5.74, 6) is -0.543. The number of nitro benzene ring substituents is 1. The Balaban J connectivity index is 1.59. The van der Waals surface area contributed by atoms with E-state index in [4.69, 9.17) is 4.74 Å². The Bertz CT molecular complexity index is 959. The molecule has 10 nitrogen and oxygen atoms in total. The van der Waals surface area contributed by atoms with Crippen molar-refractivity contribution in [2.75, 3.05) is 37.0 Å². The highest BCUT2D eigenvalue weighted by Crippen LogP contribution is 2.31. The fourth-order valence-corrected chi connectivity index (χ4v) is 3.42. The van der Waals surface area contributed by atoms with Crippen molar-refractivity contribution >= 4 is 28.9 Å². The Morgan fingerprint density at radius 1 is 1.10 bits per heavy atom. The van der Waals surface area contributed by atoms with Crippen molar-refractivity contribution in [3.63, 3.8) is 0 Å².